The Hall–Kier alpha value is -0.900. The Bertz CT molecular complexity index is 353. The van der Waals surface area contributed by atoms with Gasteiger partial charge in [0.15, 0.2) is 0 Å². The van der Waals surface area contributed by atoms with Crippen molar-refractivity contribution in [3.63, 3.8) is 0 Å². The molecule has 82 valence electrons. The lowest BCUT2D eigenvalue weighted by atomic mass is 9.93. The summed E-state index contributed by atoms with van der Waals surface area (Å²) in [5.74, 6) is 0.0647. The molecule has 0 radical (unpaired) electrons. The Morgan fingerprint density at radius 3 is 2.60 bits per heavy atom. The van der Waals surface area contributed by atoms with Crippen LogP contribution in [0.4, 0.5) is 0 Å². The van der Waals surface area contributed by atoms with Crippen LogP contribution >= 0.6 is 0 Å². The van der Waals surface area contributed by atoms with Crippen LogP contribution in [0.2, 0.25) is 0 Å². The lowest BCUT2D eigenvalue weighted by Gasteiger charge is -2.17. The third-order valence-corrected chi connectivity index (χ3v) is 3.22. The number of aryl methyl sites for hydroxylation is 1. The van der Waals surface area contributed by atoms with Gasteiger partial charge in [0.1, 0.15) is 0 Å². The molecular weight excluding hydrogens is 190 g/mol. The number of aliphatic hydroxyl groups excluding tert-OH is 2. The number of rotatable bonds is 1. The summed E-state index contributed by atoms with van der Waals surface area (Å²) in [4.78, 5) is 0. The molecule has 0 spiro atoms. The smallest absolute Gasteiger partial charge is 0.0955 e. The van der Waals surface area contributed by atoms with Crippen LogP contribution in [0, 0.1) is 6.92 Å². The number of aliphatic hydroxyl groups is 2. The van der Waals surface area contributed by atoms with Gasteiger partial charge in [-0.1, -0.05) is 29.8 Å². The van der Waals surface area contributed by atoms with Crippen LogP contribution in [-0.2, 0) is 0 Å². The molecule has 1 fully saturated rings. The molecule has 0 aliphatic heterocycles. The van der Waals surface area contributed by atoms with Gasteiger partial charge in [-0.3, -0.25) is 0 Å². The number of hydrogen-bond acceptors (Lipinski definition) is 3. The first-order chi connectivity index (χ1) is 7.09. The molecule has 1 aliphatic carbocycles. The van der Waals surface area contributed by atoms with Crippen molar-refractivity contribution in [2.45, 2.75) is 37.5 Å². The fourth-order valence-electron chi connectivity index (χ4n) is 2.31. The molecule has 0 saturated heterocycles. The Labute approximate surface area is 89.5 Å². The van der Waals surface area contributed by atoms with E-state index < -0.39 is 12.2 Å². The lowest BCUT2D eigenvalue weighted by molar-refractivity contribution is 0.0363. The Morgan fingerprint density at radius 1 is 1.33 bits per heavy atom. The van der Waals surface area contributed by atoms with Crippen LogP contribution in [0.15, 0.2) is 24.3 Å². The highest BCUT2D eigenvalue weighted by molar-refractivity contribution is 5.28. The zero-order valence-corrected chi connectivity index (χ0v) is 8.80. The average molecular weight is 207 g/mol. The van der Waals surface area contributed by atoms with Crippen molar-refractivity contribution in [3.05, 3.63) is 35.4 Å². The van der Waals surface area contributed by atoms with Crippen molar-refractivity contribution < 1.29 is 10.2 Å². The van der Waals surface area contributed by atoms with E-state index in [4.69, 9.17) is 5.73 Å². The third kappa shape index (κ3) is 1.91. The highest BCUT2D eigenvalue weighted by atomic mass is 16.3. The SMILES string of the molecule is Cc1cccc(C2CC(O)C(O)C2N)c1. The second-order valence-electron chi connectivity index (χ2n) is 4.39. The molecule has 2 rings (SSSR count). The summed E-state index contributed by atoms with van der Waals surface area (Å²) in [7, 11) is 0. The molecule has 4 atom stereocenters. The van der Waals surface area contributed by atoms with E-state index in [2.05, 4.69) is 6.07 Å². The number of benzene rings is 1. The Kier molecular flexibility index (Phi) is 2.78. The summed E-state index contributed by atoms with van der Waals surface area (Å²) in [6, 6.07) is 7.71. The zero-order valence-electron chi connectivity index (χ0n) is 8.80. The van der Waals surface area contributed by atoms with Gasteiger partial charge in [0.25, 0.3) is 0 Å². The highest BCUT2D eigenvalue weighted by Crippen LogP contribution is 2.34. The maximum Gasteiger partial charge on any atom is 0.0955 e. The molecule has 0 bridgehead atoms. The van der Waals surface area contributed by atoms with Gasteiger partial charge in [0.2, 0.25) is 0 Å². The van der Waals surface area contributed by atoms with E-state index in [1.165, 1.54) is 5.56 Å². The third-order valence-electron chi connectivity index (χ3n) is 3.22. The average Bonchev–Trinajstić information content (AvgIpc) is 2.46. The molecule has 15 heavy (non-hydrogen) atoms. The first kappa shape index (κ1) is 10.6. The maximum absolute atomic E-state index is 9.59. The minimum absolute atomic E-state index is 0.0647. The van der Waals surface area contributed by atoms with E-state index in [-0.39, 0.29) is 12.0 Å². The van der Waals surface area contributed by atoms with E-state index >= 15 is 0 Å². The summed E-state index contributed by atoms with van der Waals surface area (Å²) in [6.45, 7) is 2.02. The zero-order chi connectivity index (χ0) is 11.0. The molecule has 0 heterocycles. The van der Waals surface area contributed by atoms with E-state index in [1.54, 1.807) is 0 Å². The van der Waals surface area contributed by atoms with E-state index in [9.17, 15) is 10.2 Å². The van der Waals surface area contributed by atoms with Crippen LogP contribution in [0.3, 0.4) is 0 Å². The van der Waals surface area contributed by atoms with E-state index in [0.29, 0.717) is 6.42 Å². The van der Waals surface area contributed by atoms with Gasteiger partial charge in [-0.15, -0.1) is 0 Å². The monoisotopic (exact) mass is 207 g/mol. The fraction of sp³-hybridized carbons (Fsp3) is 0.500. The quantitative estimate of drug-likeness (QED) is 0.629. The van der Waals surface area contributed by atoms with Crippen molar-refractivity contribution in [1.29, 1.82) is 0 Å². The van der Waals surface area contributed by atoms with Gasteiger partial charge in [-0.2, -0.15) is 0 Å². The summed E-state index contributed by atoms with van der Waals surface area (Å²) in [5.41, 5.74) is 8.17. The molecule has 1 aromatic rings. The second-order valence-corrected chi connectivity index (χ2v) is 4.39. The van der Waals surface area contributed by atoms with Crippen LogP contribution in [0.1, 0.15) is 23.5 Å². The van der Waals surface area contributed by atoms with E-state index in [0.717, 1.165) is 5.56 Å². The molecule has 3 nitrogen and oxygen atoms in total. The molecule has 4 unspecified atom stereocenters. The van der Waals surface area contributed by atoms with Crippen molar-refractivity contribution in [1.82, 2.24) is 0 Å². The minimum atomic E-state index is -0.796. The van der Waals surface area contributed by atoms with Crippen molar-refractivity contribution in [2.75, 3.05) is 0 Å². The number of hydrogen-bond donors (Lipinski definition) is 3. The van der Waals surface area contributed by atoms with Crippen molar-refractivity contribution in [3.8, 4) is 0 Å². The van der Waals surface area contributed by atoms with Gasteiger partial charge in [0, 0.05) is 12.0 Å². The summed E-state index contributed by atoms with van der Waals surface area (Å²) in [5, 5.41) is 19.1. The van der Waals surface area contributed by atoms with Crippen molar-refractivity contribution in [2.24, 2.45) is 5.73 Å². The van der Waals surface area contributed by atoms with Crippen LogP contribution in [0.5, 0.6) is 0 Å². The Balaban J connectivity index is 2.25. The minimum Gasteiger partial charge on any atom is -0.390 e. The summed E-state index contributed by atoms with van der Waals surface area (Å²) >= 11 is 0. The lowest BCUT2D eigenvalue weighted by Crippen LogP contribution is -2.37. The fourth-order valence-corrected chi connectivity index (χ4v) is 2.31. The largest absolute Gasteiger partial charge is 0.390 e. The molecule has 1 aliphatic rings. The predicted molar refractivity (Wildman–Crippen MR) is 58.5 cm³/mol. The molecule has 3 heteroatoms. The van der Waals surface area contributed by atoms with Crippen molar-refractivity contribution >= 4 is 0 Å². The highest BCUT2D eigenvalue weighted by Gasteiger charge is 2.39. The summed E-state index contributed by atoms with van der Waals surface area (Å²) in [6.07, 6.45) is -0.938. The number of nitrogens with two attached hydrogens (primary N) is 1. The second kappa shape index (κ2) is 3.93. The van der Waals surface area contributed by atoms with Gasteiger partial charge in [-0.25, -0.2) is 0 Å². The molecule has 0 aromatic heterocycles. The van der Waals surface area contributed by atoms with Crippen LogP contribution in [0.25, 0.3) is 0 Å². The predicted octanol–water partition coefficient (Wildman–Crippen LogP) is 0.531. The molecule has 1 aromatic carbocycles. The topological polar surface area (TPSA) is 66.5 Å². The molecule has 4 N–H and O–H groups in total. The van der Waals surface area contributed by atoms with E-state index in [1.807, 2.05) is 25.1 Å². The summed E-state index contributed by atoms with van der Waals surface area (Å²) < 4.78 is 0. The maximum atomic E-state index is 9.59. The normalized spacial score (nSPS) is 35.7. The first-order valence-electron chi connectivity index (χ1n) is 5.28. The van der Waals surface area contributed by atoms with Crippen LogP contribution < -0.4 is 5.73 Å². The Morgan fingerprint density at radius 2 is 2.07 bits per heavy atom. The van der Waals surface area contributed by atoms with Crippen LogP contribution in [-0.4, -0.2) is 28.5 Å². The van der Waals surface area contributed by atoms with Gasteiger partial charge < -0.3 is 15.9 Å². The molecule has 1 saturated carbocycles. The van der Waals surface area contributed by atoms with Gasteiger partial charge in [-0.05, 0) is 18.9 Å². The van der Waals surface area contributed by atoms with Gasteiger partial charge in [0.05, 0.1) is 12.2 Å². The standard InChI is InChI=1S/C12H17NO2/c1-7-3-2-4-8(5-7)9-6-10(14)12(15)11(9)13/h2-5,9-12,14-15H,6,13H2,1H3. The molecule has 0 amide bonds. The first-order valence-corrected chi connectivity index (χ1v) is 5.28. The van der Waals surface area contributed by atoms with Gasteiger partial charge >= 0.3 is 0 Å². The molecular formula is C12H17NO2.